The SMILES string of the molecule is Cn1cc(C(=O)O)c(=O)c(-c2cccs2)c1. The second-order valence-electron chi connectivity index (χ2n) is 3.36. The molecule has 1 N–H and O–H groups in total. The summed E-state index contributed by atoms with van der Waals surface area (Å²) < 4.78 is 1.58. The number of aromatic nitrogens is 1. The van der Waals surface area contributed by atoms with E-state index in [2.05, 4.69) is 0 Å². The zero-order valence-electron chi connectivity index (χ0n) is 8.51. The van der Waals surface area contributed by atoms with Gasteiger partial charge in [-0.25, -0.2) is 4.79 Å². The second kappa shape index (κ2) is 3.94. The van der Waals surface area contributed by atoms with Gasteiger partial charge in [-0.15, -0.1) is 11.3 Å². The van der Waals surface area contributed by atoms with E-state index in [-0.39, 0.29) is 5.56 Å². The van der Waals surface area contributed by atoms with Gasteiger partial charge in [-0.05, 0) is 11.4 Å². The lowest BCUT2D eigenvalue weighted by molar-refractivity contribution is 0.0694. The Bertz CT molecular complexity index is 584. The number of nitrogens with zero attached hydrogens (tertiary/aromatic N) is 1. The largest absolute Gasteiger partial charge is 0.477 e. The van der Waals surface area contributed by atoms with Gasteiger partial charge in [-0.3, -0.25) is 4.79 Å². The molecule has 2 rings (SSSR count). The van der Waals surface area contributed by atoms with Crippen LogP contribution in [-0.2, 0) is 7.05 Å². The van der Waals surface area contributed by atoms with Crippen molar-refractivity contribution in [2.75, 3.05) is 0 Å². The number of hydrogen-bond donors (Lipinski definition) is 1. The lowest BCUT2D eigenvalue weighted by atomic mass is 10.1. The van der Waals surface area contributed by atoms with Crippen molar-refractivity contribution in [2.24, 2.45) is 7.05 Å². The maximum absolute atomic E-state index is 11.9. The van der Waals surface area contributed by atoms with Crippen LogP contribution in [0.5, 0.6) is 0 Å². The molecule has 82 valence electrons. The van der Waals surface area contributed by atoms with E-state index in [4.69, 9.17) is 5.11 Å². The van der Waals surface area contributed by atoms with Gasteiger partial charge in [0, 0.05) is 24.3 Å². The molecule has 0 unspecified atom stereocenters. The number of rotatable bonds is 2. The first-order chi connectivity index (χ1) is 7.59. The molecule has 0 fully saturated rings. The lowest BCUT2D eigenvalue weighted by Gasteiger charge is -2.04. The normalized spacial score (nSPS) is 10.3. The Balaban J connectivity index is 2.72. The zero-order valence-corrected chi connectivity index (χ0v) is 9.32. The highest BCUT2D eigenvalue weighted by atomic mass is 32.1. The number of carboxylic acids is 1. The molecule has 2 heterocycles. The van der Waals surface area contributed by atoms with Crippen molar-refractivity contribution in [3.05, 3.63) is 45.7 Å². The molecular formula is C11H9NO3S. The van der Waals surface area contributed by atoms with Gasteiger partial charge < -0.3 is 9.67 Å². The summed E-state index contributed by atoms with van der Waals surface area (Å²) in [4.78, 5) is 23.5. The van der Waals surface area contributed by atoms with Gasteiger partial charge in [0.2, 0.25) is 5.43 Å². The van der Waals surface area contributed by atoms with E-state index in [0.717, 1.165) is 4.88 Å². The van der Waals surface area contributed by atoms with Crippen molar-refractivity contribution in [2.45, 2.75) is 0 Å². The Morgan fingerprint density at radius 1 is 1.44 bits per heavy atom. The third kappa shape index (κ3) is 1.77. The minimum atomic E-state index is -1.20. The number of thiophene rings is 1. The lowest BCUT2D eigenvalue weighted by Crippen LogP contribution is -2.18. The molecule has 0 atom stereocenters. The van der Waals surface area contributed by atoms with E-state index < -0.39 is 11.4 Å². The van der Waals surface area contributed by atoms with Crippen molar-refractivity contribution in [3.63, 3.8) is 0 Å². The van der Waals surface area contributed by atoms with Crippen LogP contribution in [0.2, 0.25) is 0 Å². The van der Waals surface area contributed by atoms with Crippen LogP contribution in [-0.4, -0.2) is 15.6 Å². The van der Waals surface area contributed by atoms with Gasteiger partial charge in [0.15, 0.2) is 0 Å². The number of carbonyl (C=O) groups is 1. The van der Waals surface area contributed by atoms with Crippen molar-refractivity contribution in [3.8, 4) is 10.4 Å². The molecule has 0 radical (unpaired) electrons. The molecule has 4 nitrogen and oxygen atoms in total. The maximum Gasteiger partial charge on any atom is 0.341 e. The van der Waals surface area contributed by atoms with Crippen molar-refractivity contribution in [1.82, 2.24) is 4.57 Å². The summed E-state index contributed by atoms with van der Waals surface area (Å²) in [6.07, 6.45) is 2.96. The minimum Gasteiger partial charge on any atom is -0.477 e. The fourth-order valence-corrected chi connectivity index (χ4v) is 2.20. The molecule has 0 aliphatic carbocycles. The quantitative estimate of drug-likeness (QED) is 0.863. The minimum absolute atomic E-state index is 0.201. The first-order valence-electron chi connectivity index (χ1n) is 4.57. The standard InChI is InChI=1S/C11H9NO3S/c1-12-5-7(9-3-2-4-16-9)10(13)8(6-12)11(14)15/h2-6H,1H3,(H,14,15). The van der Waals surface area contributed by atoms with Gasteiger partial charge >= 0.3 is 5.97 Å². The van der Waals surface area contributed by atoms with Crippen LogP contribution in [0.3, 0.4) is 0 Å². The van der Waals surface area contributed by atoms with Crippen LogP contribution in [0.15, 0.2) is 34.7 Å². The summed E-state index contributed by atoms with van der Waals surface area (Å²) in [5.41, 5.74) is -0.209. The first kappa shape index (κ1) is 10.6. The van der Waals surface area contributed by atoms with Gasteiger partial charge in [-0.1, -0.05) is 6.07 Å². The average Bonchev–Trinajstić information content (AvgIpc) is 2.73. The number of aromatic carboxylic acids is 1. The van der Waals surface area contributed by atoms with Gasteiger partial charge in [0.25, 0.3) is 0 Å². The van der Waals surface area contributed by atoms with Gasteiger partial charge in [-0.2, -0.15) is 0 Å². The predicted molar refractivity (Wildman–Crippen MR) is 62.0 cm³/mol. The zero-order chi connectivity index (χ0) is 11.7. The van der Waals surface area contributed by atoms with Crippen LogP contribution in [0, 0.1) is 0 Å². The molecule has 2 aromatic heterocycles. The molecule has 0 aliphatic rings. The number of hydrogen-bond acceptors (Lipinski definition) is 3. The highest BCUT2D eigenvalue weighted by molar-refractivity contribution is 7.13. The Labute approximate surface area is 95.4 Å². The van der Waals surface area contributed by atoms with Crippen LogP contribution in [0.1, 0.15) is 10.4 Å². The highest BCUT2D eigenvalue weighted by Gasteiger charge is 2.14. The molecule has 16 heavy (non-hydrogen) atoms. The Morgan fingerprint density at radius 3 is 2.75 bits per heavy atom. The van der Waals surface area contributed by atoms with Crippen LogP contribution >= 0.6 is 11.3 Å². The molecule has 0 aliphatic heterocycles. The van der Waals surface area contributed by atoms with E-state index in [1.165, 1.54) is 17.5 Å². The molecule has 0 aromatic carbocycles. The smallest absolute Gasteiger partial charge is 0.341 e. The number of pyridine rings is 1. The summed E-state index contributed by atoms with van der Waals surface area (Å²) in [7, 11) is 1.70. The summed E-state index contributed by atoms with van der Waals surface area (Å²) in [5, 5.41) is 10.8. The fourth-order valence-electron chi connectivity index (χ4n) is 1.47. The Kier molecular flexibility index (Phi) is 2.62. The summed E-state index contributed by atoms with van der Waals surface area (Å²) in [5.74, 6) is -1.20. The van der Waals surface area contributed by atoms with Crippen LogP contribution in [0.4, 0.5) is 0 Å². The Morgan fingerprint density at radius 2 is 2.19 bits per heavy atom. The summed E-state index contributed by atoms with van der Waals surface area (Å²) in [6.45, 7) is 0. The molecule has 0 amide bonds. The molecule has 0 saturated carbocycles. The van der Waals surface area contributed by atoms with E-state index in [1.807, 2.05) is 11.4 Å². The third-order valence-corrected chi connectivity index (χ3v) is 3.07. The van der Waals surface area contributed by atoms with Crippen molar-refractivity contribution < 1.29 is 9.90 Å². The van der Waals surface area contributed by atoms with E-state index >= 15 is 0 Å². The van der Waals surface area contributed by atoms with Gasteiger partial charge in [0.1, 0.15) is 5.56 Å². The molecule has 5 heteroatoms. The molecule has 0 spiro atoms. The van der Waals surface area contributed by atoms with Crippen molar-refractivity contribution in [1.29, 1.82) is 0 Å². The van der Waals surface area contributed by atoms with Crippen molar-refractivity contribution >= 4 is 17.3 Å². The van der Waals surface area contributed by atoms with E-state index in [9.17, 15) is 9.59 Å². The topological polar surface area (TPSA) is 59.3 Å². The molecule has 0 saturated heterocycles. The highest BCUT2D eigenvalue weighted by Crippen LogP contribution is 2.21. The summed E-state index contributed by atoms with van der Waals surface area (Å²) in [6, 6.07) is 3.62. The second-order valence-corrected chi connectivity index (χ2v) is 4.31. The number of aryl methyl sites for hydroxylation is 1. The summed E-state index contributed by atoms with van der Waals surface area (Å²) >= 11 is 1.41. The third-order valence-electron chi connectivity index (χ3n) is 2.17. The Hall–Kier alpha value is -1.88. The maximum atomic E-state index is 11.9. The first-order valence-corrected chi connectivity index (χ1v) is 5.45. The molecular weight excluding hydrogens is 226 g/mol. The van der Waals surface area contributed by atoms with E-state index in [1.54, 1.807) is 23.9 Å². The fraction of sp³-hybridized carbons (Fsp3) is 0.0909. The number of carboxylic acid groups (broad SMARTS) is 1. The molecule has 0 bridgehead atoms. The van der Waals surface area contributed by atoms with Gasteiger partial charge in [0.05, 0.1) is 5.56 Å². The average molecular weight is 235 g/mol. The van der Waals surface area contributed by atoms with E-state index in [0.29, 0.717) is 5.56 Å². The van der Waals surface area contributed by atoms with Crippen LogP contribution < -0.4 is 5.43 Å². The molecule has 2 aromatic rings. The predicted octanol–water partition coefficient (Wildman–Crippen LogP) is 1.81. The van der Waals surface area contributed by atoms with Crippen LogP contribution in [0.25, 0.3) is 10.4 Å². The monoisotopic (exact) mass is 235 g/mol.